The van der Waals surface area contributed by atoms with Crippen LogP contribution in [0.2, 0.25) is 0 Å². The van der Waals surface area contributed by atoms with Gasteiger partial charge < -0.3 is 25.4 Å². The van der Waals surface area contributed by atoms with Gasteiger partial charge in [0.2, 0.25) is 5.91 Å². The maximum absolute atomic E-state index is 13.6. The van der Waals surface area contributed by atoms with Crippen molar-refractivity contribution in [3.8, 4) is 11.5 Å². The van der Waals surface area contributed by atoms with E-state index in [0.29, 0.717) is 28.3 Å². The minimum Gasteiger partial charge on any atom is -0.497 e. The Kier molecular flexibility index (Phi) is 10.8. The van der Waals surface area contributed by atoms with Gasteiger partial charge in [0, 0.05) is 33.5 Å². The molecular weight excluding hydrogens is 574 g/mol. The summed E-state index contributed by atoms with van der Waals surface area (Å²) in [6, 6.07) is 26.9. The molecule has 4 aromatic carbocycles. The summed E-state index contributed by atoms with van der Waals surface area (Å²) in [6.07, 6.45) is 1.55. The van der Waals surface area contributed by atoms with Crippen molar-refractivity contribution in [3.05, 3.63) is 119 Å². The highest BCUT2D eigenvalue weighted by Gasteiger charge is 2.18. The first-order valence-corrected chi connectivity index (χ1v) is 14.8. The fourth-order valence-corrected chi connectivity index (χ4v) is 5.36. The highest BCUT2D eigenvalue weighted by atomic mass is 32.2. The van der Waals surface area contributed by atoms with Gasteiger partial charge in [-0.2, -0.15) is 0 Å². The Labute approximate surface area is 261 Å². The summed E-state index contributed by atoms with van der Waals surface area (Å²) in [5.74, 6) is -0.0429. The molecule has 0 saturated carbocycles. The lowest BCUT2D eigenvalue weighted by Gasteiger charge is -2.15. The first kappa shape index (κ1) is 31.9. The van der Waals surface area contributed by atoms with Gasteiger partial charge >= 0.3 is 0 Å². The summed E-state index contributed by atoms with van der Waals surface area (Å²) in [5.41, 5.74) is 4.39. The number of anilines is 2. The van der Waals surface area contributed by atoms with Crippen molar-refractivity contribution >= 4 is 46.9 Å². The molecule has 0 bridgehead atoms. The van der Waals surface area contributed by atoms with Gasteiger partial charge in [0.25, 0.3) is 11.8 Å². The lowest BCUT2D eigenvalue weighted by molar-refractivity contribution is -0.115. The van der Waals surface area contributed by atoms with Gasteiger partial charge in [-0.15, -0.1) is 11.8 Å². The Morgan fingerprint density at radius 1 is 0.773 bits per heavy atom. The average molecular weight is 610 g/mol. The first-order valence-electron chi connectivity index (χ1n) is 13.9. The maximum Gasteiger partial charge on any atom is 0.272 e. The molecule has 0 aromatic heterocycles. The molecule has 8 nitrogen and oxygen atoms in total. The standard InChI is InChI=1S/C35H35N3O5S/c1-22-16-23(2)18-28(17-22)37-33(39)24(3)44-30-13-9-12-27(20-30)36-35(41)31(38-34(40)25-10-7-6-8-11-25)19-26-14-15-29(42-4)21-32(26)43-5/h6-21,24H,1-5H3,(H,36,41)(H,37,39)(H,38,40)/b31-19+. The monoisotopic (exact) mass is 609 g/mol. The van der Waals surface area contributed by atoms with Crippen molar-refractivity contribution in [1.82, 2.24) is 5.32 Å². The minimum atomic E-state index is -0.532. The Morgan fingerprint density at radius 2 is 1.50 bits per heavy atom. The van der Waals surface area contributed by atoms with E-state index in [9.17, 15) is 14.4 Å². The van der Waals surface area contributed by atoms with E-state index in [0.717, 1.165) is 21.7 Å². The number of thioether (sulfide) groups is 1. The second-order valence-electron chi connectivity index (χ2n) is 10.1. The molecule has 0 aliphatic rings. The second kappa shape index (κ2) is 14.9. The van der Waals surface area contributed by atoms with Gasteiger partial charge in [0.15, 0.2) is 0 Å². The van der Waals surface area contributed by atoms with Crippen molar-refractivity contribution in [3.63, 3.8) is 0 Å². The van der Waals surface area contributed by atoms with Crippen LogP contribution in [0, 0.1) is 13.8 Å². The van der Waals surface area contributed by atoms with E-state index in [2.05, 4.69) is 22.0 Å². The third kappa shape index (κ3) is 8.75. The number of carbonyl (C=O) groups is 3. The summed E-state index contributed by atoms with van der Waals surface area (Å²) in [6.45, 7) is 5.81. The maximum atomic E-state index is 13.6. The number of carbonyl (C=O) groups excluding carboxylic acids is 3. The van der Waals surface area contributed by atoms with Crippen LogP contribution in [0.1, 0.15) is 34.0 Å². The van der Waals surface area contributed by atoms with E-state index in [1.165, 1.54) is 18.9 Å². The Hall–Kier alpha value is -5.02. The largest absolute Gasteiger partial charge is 0.497 e. The molecule has 1 atom stereocenters. The van der Waals surface area contributed by atoms with Gasteiger partial charge in [0.05, 0.1) is 19.5 Å². The van der Waals surface area contributed by atoms with E-state index in [1.54, 1.807) is 73.8 Å². The first-order chi connectivity index (χ1) is 21.1. The van der Waals surface area contributed by atoms with Gasteiger partial charge in [-0.1, -0.05) is 30.3 Å². The molecule has 9 heteroatoms. The summed E-state index contributed by atoms with van der Waals surface area (Å²) in [5, 5.41) is 8.20. The number of amides is 3. The fraction of sp³-hybridized carbons (Fsp3) is 0.171. The van der Waals surface area contributed by atoms with Crippen LogP contribution >= 0.6 is 11.8 Å². The van der Waals surface area contributed by atoms with Crippen LogP contribution in [0.3, 0.4) is 0 Å². The minimum absolute atomic E-state index is 0.0153. The molecule has 226 valence electrons. The lowest BCUT2D eigenvalue weighted by atomic mass is 10.1. The average Bonchev–Trinajstić information content (AvgIpc) is 3.00. The molecule has 1 unspecified atom stereocenters. The van der Waals surface area contributed by atoms with Crippen molar-refractivity contribution < 1.29 is 23.9 Å². The Morgan fingerprint density at radius 3 is 2.18 bits per heavy atom. The molecule has 0 heterocycles. The van der Waals surface area contributed by atoms with Crippen LogP contribution in [0.5, 0.6) is 11.5 Å². The summed E-state index contributed by atoms with van der Waals surface area (Å²) in [7, 11) is 3.06. The highest BCUT2D eigenvalue weighted by Crippen LogP contribution is 2.29. The topological polar surface area (TPSA) is 106 Å². The van der Waals surface area contributed by atoms with Crippen LogP contribution in [0.15, 0.2) is 102 Å². The van der Waals surface area contributed by atoms with Crippen molar-refractivity contribution in [2.45, 2.75) is 30.9 Å². The molecule has 0 saturated heterocycles. The summed E-state index contributed by atoms with van der Waals surface area (Å²) < 4.78 is 10.8. The van der Waals surface area contributed by atoms with Gasteiger partial charge in [-0.05, 0) is 92.6 Å². The molecule has 0 aliphatic carbocycles. The molecule has 0 fully saturated rings. The quantitative estimate of drug-likeness (QED) is 0.127. The predicted molar refractivity (Wildman–Crippen MR) is 176 cm³/mol. The molecule has 4 rings (SSSR count). The van der Waals surface area contributed by atoms with Crippen LogP contribution < -0.4 is 25.4 Å². The van der Waals surface area contributed by atoms with Crippen LogP contribution in [-0.4, -0.2) is 37.2 Å². The normalized spacial score (nSPS) is 11.7. The lowest BCUT2D eigenvalue weighted by Crippen LogP contribution is -2.30. The Balaban J connectivity index is 1.53. The van der Waals surface area contributed by atoms with Gasteiger partial charge in [-0.25, -0.2) is 0 Å². The zero-order valence-electron chi connectivity index (χ0n) is 25.3. The van der Waals surface area contributed by atoms with E-state index >= 15 is 0 Å². The fourth-order valence-electron chi connectivity index (χ4n) is 4.43. The molecular formula is C35H35N3O5S. The number of hydrogen-bond acceptors (Lipinski definition) is 6. The third-order valence-corrected chi connectivity index (χ3v) is 7.63. The Bertz CT molecular complexity index is 1670. The molecule has 3 amide bonds. The number of ether oxygens (including phenoxy) is 2. The number of nitrogens with one attached hydrogen (secondary N) is 3. The van der Waals surface area contributed by atoms with E-state index in [-0.39, 0.29) is 11.6 Å². The third-order valence-electron chi connectivity index (χ3n) is 6.53. The zero-order valence-corrected chi connectivity index (χ0v) is 26.1. The smallest absolute Gasteiger partial charge is 0.272 e. The van der Waals surface area contributed by atoms with Gasteiger partial charge in [-0.3, -0.25) is 14.4 Å². The van der Waals surface area contributed by atoms with E-state index in [1.807, 2.05) is 45.0 Å². The molecule has 0 spiro atoms. The second-order valence-corrected chi connectivity index (χ2v) is 11.5. The van der Waals surface area contributed by atoms with Crippen molar-refractivity contribution in [2.75, 3.05) is 24.9 Å². The van der Waals surface area contributed by atoms with Crippen LogP contribution in [-0.2, 0) is 9.59 Å². The van der Waals surface area contributed by atoms with Crippen molar-refractivity contribution in [1.29, 1.82) is 0 Å². The molecule has 44 heavy (non-hydrogen) atoms. The number of benzene rings is 4. The van der Waals surface area contributed by atoms with Crippen LogP contribution in [0.25, 0.3) is 6.08 Å². The van der Waals surface area contributed by atoms with Crippen molar-refractivity contribution in [2.24, 2.45) is 0 Å². The van der Waals surface area contributed by atoms with E-state index < -0.39 is 17.1 Å². The summed E-state index contributed by atoms with van der Waals surface area (Å²) >= 11 is 1.37. The molecule has 4 aromatic rings. The molecule has 0 radical (unpaired) electrons. The van der Waals surface area contributed by atoms with Gasteiger partial charge in [0.1, 0.15) is 17.2 Å². The van der Waals surface area contributed by atoms with Crippen LogP contribution in [0.4, 0.5) is 11.4 Å². The number of hydrogen-bond donors (Lipinski definition) is 3. The number of rotatable bonds is 11. The highest BCUT2D eigenvalue weighted by molar-refractivity contribution is 8.00. The number of aryl methyl sites for hydroxylation is 2. The van der Waals surface area contributed by atoms with E-state index in [4.69, 9.17) is 9.47 Å². The predicted octanol–water partition coefficient (Wildman–Crippen LogP) is 6.85. The SMILES string of the molecule is COc1ccc(/C=C(/NC(=O)c2ccccc2)C(=O)Nc2cccc(SC(C)C(=O)Nc3cc(C)cc(C)c3)c2)c(OC)c1. The number of methoxy groups -OCH3 is 2. The molecule has 3 N–H and O–H groups in total. The summed E-state index contributed by atoms with van der Waals surface area (Å²) in [4.78, 5) is 40.3. The molecule has 0 aliphatic heterocycles. The zero-order chi connectivity index (χ0) is 31.6.